The third-order valence-electron chi connectivity index (χ3n) is 5.24. The fourth-order valence-electron chi connectivity index (χ4n) is 3.64. The van der Waals surface area contributed by atoms with E-state index in [0.717, 1.165) is 38.4 Å². The zero-order valence-electron chi connectivity index (χ0n) is 16.8. The van der Waals surface area contributed by atoms with E-state index in [9.17, 15) is 5.11 Å². The van der Waals surface area contributed by atoms with Crippen molar-refractivity contribution in [1.29, 1.82) is 0 Å². The lowest BCUT2D eigenvalue weighted by Crippen LogP contribution is -2.33. The summed E-state index contributed by atoms with van der Waals surface area (Å²) >= 11 is 3.52. The molecule has 3 aromatic carbocycles. The summed E-state index contributed by atoms with van der Waals surface area (Å²) in [6.45, 7) is 0. The maximum atomic E-state index is 10.5. The summed E-state index contributed by atoms with van der Waals surface area (Å²) in [6, 6.07) is 21.2. The Kier molecular flexibility index (Phi) is 6.06. The van der Waals surface area contributed by atoms with E-state index in [1.54, 1.807) is 20.3 Å². The quantitative estimate of drug-likeness (QED) is 0.528. The molecule has 0 spiro atoms. The second-order valence-corrected chi connectivity index (χ2v) is 8.03. The zero-order chi connectivity index (χ0) is 21.1. The molecule has 1 aliphatic rings. The Bertz CT molecular complexity index is 1070. The number of hydrogen-bond donors (Lipinski definition) is 2. The molecular formula is C24H23BrN2O3. The fraction of sp³-hybridized carbons (Fsp3) is 0.208. The maximum absolute atomic E-state index is 10.5. The van der Waals surface area contributed by atoms with E-state index in [1.807, 2.05) is 60.7 Å². The Labute approximate surface area is 184 Å². The minimum Gasteiger partial charge on any atom is -0.508 e. The van der Waals surface area contributed by atoms with E-state index in [1.165, 1.54) is 0 Å². The number of aromatic hydroxyl groups is 1. The fourth-order valence-corrected chi connectivity index (χ4v) is 4.02. The van der Waals surface area contributed by atoms with Crippen LogP contribution in [-0.4, -0.2) is 25.0 Å². The van der Waals surface area contributed by atoms with Gasteiger partial charge in [0.2, 0.25) is 0 Å². The summed E-state index contributed by atoms with van der Waals surface area (Å²) in [5, 5.41) is 14.1. The largest absolute Gasteiger partial charge is 0.508 e. The van der Waals surface area contributed by atoms with E-state index in [2.05, 4.69) is 21.2 Å². The number of nitrogens with one attached hydrogen (secondary N) is 1. The Hall–Kier alpha value is -2.83. The van der Waals surface area contributed by atoms with E-state index in [-0.39, 0.29) is 18.0 Å². The monoisotopic (exact) mass is 466 g/mol. The van der Waals surface area contributed by atoms with Crippen LogP contribution in [0.15, 0.2) is 76.2 Å². The number of phenols is 1. The zero-order valence-corrected chi connectivity index (χ0v) is 18.4. The van der Waals surface area contributed by atoms with Crippen LogP contribution in [0.1, 0.15) is 35.3 Å². The number of methoxy groups -OCH3 is 2. The van der Waals surface area contributed by atoms with Gasteiger partial charge in [-0.1, -0.05) is 40.2 Å². The molecule has 2 atom stereocenters. The van der Waals surface area contributed by atoms with E-state index in [0.29, 0.717) is 6.42 Å². The summed E-state index contributed by atoms with van der Waals surface area (Å²) in [7, 11) is 3.31. The van der Waals surface area contributed by atoms with Crippen LogP contribution in [-0.2, 0) is 0 Å². The minimum atomic E-state index is -0.255. The molecule has 2 N–H and O–H groups in total. The highest BCUT2D eigenvalue weighted by atomic mass is 79.9. The van der Waals surface area contributed by atoms with E-state index >= 15 is 0 Å². The van der Waals surface area contributed by atoms with Gasteiger partial charge >= 0.3 is 0 Å². The number of hydrogen-bond acceptors (Lipinski definition) is 5. The summed E-state index contributed by atoms with van der Waals surface area (Å²) in [4.78, 5) is 5.00. The van der Waals surface area contributed by atoms with Crippen LogP contribution in [0.3, 0.4) is 0 Å². The Balaban J connectivity index is 1.76. The van der Waals surface area contributed by atoms with Gasteiger partial charge in [0.25, 0.3) is 0 Å². The van der Waals surface area contributed by atoms with Crippen LogP contribution in [0, 0.1) is 0 Å². The molecule has 154 valence electrons. The predicted molar refractivity (Wildman–Crippen MR) is 122 cm³/mol. The molecule has 0 radical (unpaired) electrons. The highest BCUT2D eigenvalue weighted by molar-refractivity contribution is 9.10. The van der Waals surface area contributed by atoms with Crippen molar-refractivity contribution in [1.82, 2.24) is 5.32 Å². The molecule has 0 fully saturated rings. The smallest absolute Gasteiger partial charge is 0.126 e. The molecule has 4 rings (SSSR count). The number of nitrogens with zero attached hydrogens (tertiary/aromatic N) is 1. The number of ether oxygens (including phenoxy) is 2. The van der Waals surface area contributed by atoms with Gasteiger partial charge in [-0.3, -0.25) is 10.3 Å². The molecule has 0 saturated heterocycles. The molecule has 3 aromatic rings. The summed E-state index contributed by atoms with van der Waals surface area (Å²) in [5.41, 5.74) is 3.82. The van der Waals surface area contributed by atoms with Gasteiger partial charge in [-0.2, -0.15) is 0 Å². The molecule has 0 bridgehead atoms. The van der Waals surface area contributed by atoms with Crippen LogP contribution in [0.5, 0.6) is 17.2 Å². The number of aliphatic imine (C=N–C) groups is 1. The standard InChI is InChI=1S/C24H23BrN2O3/c1-29-18-9-6-15(7-10-18)24-26-21(16-4-3-5-19(12-16)30-2)14-22(27-24)20-13-17(25)8-11-23(20)28/h3-13,22,24,27-28H,14H2,1-2H3/t22-,24+/m1/s1. The van der Waals surface area contributed by atoms with Gasteiger partial charge in [0.05, 0.1) is 14.2 Å². The topological polar surface area (TPSA) is 63.1 Å². The van der Waals surface area contributed by atoms with Gasteiger partial charge in [0.15, 0.2) is 0 Å². The molecule has 0 aliphatic carbocycles. The highest BCUT2D eigenvalue weighted by Crippen LogP contribution is 2.36. The molecule has 1 aliphatic heterocycles. The predicted octanol–water partition coefficient (Wildman–Crippen LogP) is 5.39. The highest BCUT2D eigenvalue weighted by Gasteiger charge is 2.28. The lowest BCUT2D eigenvalue weighted by Gasteiger charge is -2.31. The summed E-state index contributed by atoms with van der Waals surface area (Å²) in [5.74, 6) is 1.85. The van der Waals surface area contributed by atoms with Gasteiger partial charge < -0.3 is 14.6 Å². The molecule has 6 heteroatoms. The van der Waals surface area contributed by atoms with Crippen molar-refractivity contribution in [2.24, 2.45) is 4.99 Å². The number of phenolic OH excluding ortho intramolecular Hbond substituents is 1. The third-order valence-corrected chi connectivity index (χ3v) is 5.73. The molecule has 1 heterocycles. The summed E-state index contributed by atoms with van der Waals surface area (Å²) in [6.07, 6.45) is 0.387. The van der Waals surface area contributed by atoms with Gasteiger partial charge in [0.1, 0.15) is 23.4 Å². The van der Waals surface area contributed by atoms with Gasteiger partial charge in [-0.15, -0.1) is 0 Å². The van der Waals surface area contributed by atoms with Gasteiger partial charge in [-0.25, -0.2) is 0 Å². The van der Waals surface area contributed by atoms with Crippen molar-refractivity contribution in [3.63, 3.8) is 0 Å². The normalized spacial score (nSPS) is 18.6. The van der Waals surface area contributed by atoms with Crippen molar-refractivity contribution in [3.8, 4) is 17.2 Å². The number of halogens is 1. The van der Waals surface area contributed by atoms with Crippen LogP contribution in [0.25, 0.3) is 0 Å². The van der Waals surface area contributed by atoms with Crippen LogP contribution < -0.4 is 14.8 Å². The number of benzene rings is 3. The van der Waals surface area contributed by atoms with E-state index < -0.39 is 0 Å². The first-order valence-electron chi connectivity index (χ1n) is 9.67. The van der Waals surface area contributed by atoms with Crippen molar-refractivity contribution in [2.75, 3.05) is 14.2 Å². The average Bonchev–Trinajstić information content (AvgIpc) is 2.80. The first-order valence-corrected chi connectivity index (χ1v) is 10.5. The maximum Gasteiger partial charge on any atom is 0.126 e. The molecule has 0 amide bonds. The van der Waals surface area contributed by atoms with Gasteiger partial charge in [-0.05, 0) is 53.6 Å². The third kappa shape index (κ3) is 4.35. The Morgan fingerprint density at radius 2 is 1.73 bits per heavy atom. The molecular weight excluding hydrogens is 444 g/mol. The SMILES string of the molecule is COc1ccc([C@H]2N=C(c3cccc(OC)c3)C[C@H](c3cc(Br)ccc3O)N2)cc1. The lowest BCUT2D eigenvalue weighted by molar-refractivity contribution is 0.407. The molecule has 5 nitrogen and oxygen atoms in total. The van der Waals surface area contributed by atoms with Crippen LogP contribution >= 0.6 is 15.9 Å². The van der Waals surface area contributed by atoms with Crippen LogP contribution in [0.2, 0.25) is 0 Å². The minimum absolute atomic E-state index is 0.103. The van der Waals surface area contributed by atoms with Crippen molar-refractivity contribution in [2.45, 2.75) is 18.6 Å². The first kappa shape index (κ1) is 20.4. The molecule has 0 aromatic heterocycles. The second kappa shape index (κ2) is 8.90. The molecule has 30 heavy (non-hydrogen) atoms. The Morgan fingerprint density at radius 3 is 2.47 bits per heavy atom. The van der Waals surface area contributed by atoms with Crippen LogP contribution in [0.4, 0.5) is 0 Å². The van der Waals surface area contributed by atoms with Gasteiger partial charge in [0, 0.05) is 28.2 Å². The van der Waals surface area contributed by atoms with Crippen molar-refractivity contribution in [3.05, 3.63) is 87.9 Å². The lowest BCUT2D eigenvalue weighted by atomic mass is 9.93. The average molecular weight is 467 g/mol. The second-order valence-electron chi connectivity index (χ2n) is 7.11. The van der Waals surface area contributed by atoms with Crippen molar-refractivity contribution >= 4 is 21.6 Å². The van der Waals surface area contributed by atoms with Crippen molar-refractivity contribution < 1.29 is 14.6 Å². The summed E-state index contributed by atoms with van der Waals surface area (Å²) < 4.78 is 11.6. The van der Waals surface area contributed by atoms with E-state index in [4.69, 9.17) is 14.5 Å². The Morgan fingerprint density at radius 1 is 0.967 bits per heavy atom. The molecule has 0 unspecified atom stereocenters. The molecule has 0 saturated carbocycles. The number of rotatable bonds is 5. The first-order chi connectivity index (χ1) is 14.6.